The van der Waals surface area contributed by atoms with Crippen LogP contribution in [-0.4, -0.2) is 35.0 Å². The van der Waals surface area contributed by atoms with Gasteiger partial charge in [0.15, 0.2) is 0 Å². The fourth-order valence-corrected chi connectivity index (χ4v) is 3.39. The second-order valence-corrected chi connectivity index (χ2v) is 7.30. The maximum atomic E-state index is 12.2. The third kappa shape index (κ3) is 5.88. The van der Waals surface area contributed by atoms with Crippen molar-refractivity contribution in [1.29, 1.82) is 0 Å². The molecule has 31 heavy (non-hydrogen) atoms. The van der Waals surface area contributed by atoms with Crippen LogP contribution in [0.1, 0.15) is 45.7 Å². The monoisotopic (exact) mass is 420 g/mol. The first-order chi connectivity index (χ1) is 15.0. The Balaban J connectivity index is 1.57. The van der Waals surface area contributed by atoms with Gasteiger partial charge in [0, 0.05) is 24.2 Å². The van der Waals surface area contributed by atoms with E-state index < -0.39 is 5.91 Å². The van der Waals surface area contributed by atoms with E-state index in [0.717, 1.165) is 30.6 Å². The number of hydrazine groups is 1. The number of nitrogens with one attached hydrogen (secondary N) is 3. The average Bonchev–Trinajstić information content (AvgIpc) is 2.82. The van der Waals surface area contributed by atoms with Gasteiger partial charge in [0.1, 0.15) is 0 Å². The van der Waals surface area contributed by atoms with E-state index in [4.69, 9.17) is 5.21 Å². The topological polar surface area (TPSA) is 93.7 Å². The standard InChI is InChI=1S/C24H28N4O3/c1-3-28(4-2)16-18-6-8-21-13-17(5-7-22(21)14-18)15-25-26-23(29)19-9-11-20(12-10-19)24(30)27-31/h5-14,25,31H,3-4,15-16H2,1-2H3,(H,26,29)(H,27,30). The molecule has 162 valence electrons. The molecule has 0 aliphatic carbocycles. The summed E-state index contributed by atoms with van der Waals surface area (Å²) in [5, 5.41) is 11.0. The van der Waals surface area contributed by atoms with E-state index in [1.165, 1.54) is 35.2 Å². The molecular weight excluding hydrogens is 392 g/mol. The number of carbonyl (C=O) groups is 2. The number of amides is 2. The highest BCUT2D eigenvalue weighted by molar-refractivity contribution is 5.97. The fraction of sp³-hybridized carbons (Fsp3) is 0.250. The van der Waals surface area contributed by atoms with Crippen LogP contribution in [0.5, 0.6) is 0 Å². The third-order valence-corrected chi connectivity index (χ3v) is 5.27. The Labute approximate surface area is 182 Å². The first-order valence-corrected chi connectivity index (χ1v) is 10.4. The lowest BCUT2D eigenvalue weighted by Gasteiger charge is -2.18. The van der Waals surface area contributed by atoms with Gasteiger partial charge in [-0.1, -0.05) is 38.1 Å². The van der Waals surface area contributed by atoms with Crippen LogP contribution in [0.4, 0.5) is 0 Å². The molecule has 0 aliphatic heterocycles. The number of carbonyl (C=O) groups excluding carboxylic acids is 2. The zero-order valence-electron chi connectivity index (χ0n) is 17.8. The summed E-state index contributed by atoms with van der Waals surface area (Å²) in [6, 6.07) is 18.8. The Morgan fingerprint density at radius 1 is 0.806 bits per heavy atom. The molecule has 0 aliphatic rings. The minimum absolute atomic E-state index is 0.267. The summed E-state index contributed by atoms with van der Waals surface area (Å²) < 4.78 is 0. The second-order valence-electron chi connectivity index (χ2n) is 7.30. The third-order valence-electron chi connectivity index (χ3n) is 5.27. The molecule has 0 unspecified atom stereocenters. The van der Waals surface area contributed by atoms with Crippen molar-refractivity contribution in [3.63, 3.8) is 0 Å². The molecule has 0 saturated heterocycles. The minimum Gasteiger partial charge on any atom is -0.300 e. The first-order valence-electron chi connectivity index (χ1n) is 10.4. The maximum Gasteiger partial charge on any atom is 0.274 e. The highest BCUT2D eigenvalue weighted by Gasteiger charge is 2.08. The molecule has 0 bridgehead atoms. The molecule has 0 saturated carbocycles. The van der Waals surface area contributed by atoms with Gasteiger partial charge in [-0.25, -0.2) is 10.9 Å². The van der Waals surface area contributed by atoms with Crippen molar-refractivity contribution in [2.75, 3.05) is 13.1 Å². The summed E-state index contributed by atoms with van der Waals surface area (Å²) in [5.41, 5.74) is 10.2. The van der Waals surface area contributed by atoms with E-state index >= 15 is 0 Å². The number of benzene rings is 3. The number of fused-ring (bicyclic) bond motifs is 1. The van der Waals surface area contributed by atoms with Crippen molar-refractivity contribution in [3.8, 4) is 0 Å². The summed E-state index contributed by atoms with van der Waals surface area (Å²) in [5.74, 6) is -0.931. The largest absolute Gasteiger partial charge is 0.300 e. The molecule has 0 atom stereocenters. The zero-order valence-corrected chi connectivity index (χ0v) is 17.8. The van der Waals surface area contributed by atoms with Gasteiger partial charge in [0.2, 0.25) is 0 Å². The van der Waals surface area contributed by atoms with Crippen LogP contribution in [-0.2, 0) is 13.1 Å². The highest BCUT2D eigenvalue weighted by Crippen LogP contribution is 2.19. The molecule has 3 aromatic carbocycles. The van der Waals surface area contributed by atoms with Gasteiger partial charge in [-0.2, -0.15) is 0 Å². The Bertz CT molecular complexity index is 1050. The SMILES string of the molecule is CCN(CC)Cc1ccc2cc(CNNC(=O)c3ccc(C(=O)NO)cc3)ccc2c1. The van der Waals surface area contributed by atoms with E-state index in [-0.39, 0.29) is 11.5 Å². The van der Waals surface area contributed by atoms with Gasteiger partial charge in [-0.3, -0.25) is 25.1 Å². The Kier molecular flexibility index (Phi) is 7.72. The van der Waals surface area contributed by atoms with Gasteiger partial charge in [0.25, 0.3) is 11.8 Å². The van der Waals surface area contributed by atoms with Crippen molar-refractivity contribution in [3.05, 3.63) is 82.9 Å². The normalized spacial score (nSPS) is 11.0. The lowest BCUT2D eigenvalue weighted by molar-refractivity contribution is 0.0706. The Hall–Kier alpha value is -3.26. The molecule has 2 amide bonds. The van der Waals surface area contributed by atoms with Crippen molar-refractivity contribution >= 4 is 22.6 Å². The number of hydrogen-bond donors (Lipinski definition) is 4. The van der Waals surface area contributed by atoms with Gasteiger partial charge in [-0.15, -0.1) is 0 Å². The van der Waals surface area contributed by atoms with Crippen LogP contribution in [0.3, 0.4) is 0 Å². The number of rotatable bonds is 9. The van der Waals surface area contributed by atoms with Gasteiger partial charge < -0.3 is 0 Å². The summed E-state index contributed by atoms with van der Waals surface area (Å²) in [4.78, 5) is 26.0. The van der Waals surface area contributed by atoms with Crippen molar-refractivity contribution in [2.45, 2.75) is 26.9 Å². The van der Waals surface area contributed by atoms with E-state index in [1.807, 2.05) is 6.07 Å². The maximum absolute atomic E-state index is 12.2. The molecular formula is C24H28N4O3. The number of hydrogen-bond acceptors (Lipinski definition) is 5. The van der Waals surface area contributed by atoms with E-state index in [9.17, 15) is 9.59 Å². The molecule has 4 N–H and O–H groups in total. The molecule has 3 rings (SSSR count). The smallest absolute Gasteiger partial charge is 0.274 e. The number of nitrogens with zero attached hydrogens (tertiary/aromatic N) is 1. The predicted molar refractivity (Wildman–Crippen MR) is 121 cm³/mol. The molecule has 0 radical (unpaired) electrons. The quantitative estimate of drug-likeness (QED) is 0.315. The average molecular weight is 421 g/mol. The summed E-state index contributed by atoms with van der Waals surface area (Å²) in [7, 11) is 0. The van der Waals surface area contributed by atoms with Crippen LogP contribution in [0.25, 0.3) is 10.8 Å². The van der Waals surface area contributed by atoms with E-state index in [1.54, 1.807) is 5.48 Å². The molecule has 7 heteroatoms. The van der Waals surface area contributed by atoms with Gasteiger partial charge >= 0.3 is 0 Å². The van der Waals surface area contributed by atoms with Crippen LogP contribution in [0.15, 0.2) is 60.7 Å². The molecule has 0 aromatic heterocycles. The van der Waals surface area contributed by atoms with Gasteiger partial charge in [0.05, 0.1) is 0 Å². The first kappa shape index (κ1) is 22.4. The second kappa shape index (κ2) is 10.7. The molecule has 7 nitrogen and oxygen atoms in total. The van der Waals surface area contributed by atoms with E-state index in [0.29, 0.717) is 12.1 Å². The van der Waals surface area contributed by atoms with Crippen molar-refractivity contribution in [2.24, 2.45) is 0 Å². The lowest BCUT2D eigenvalue weighted by Crippen LogP contribution is -2.36. The fourth-order valence-electron chi connectivity index (χ4n) is 3.39. The van der Waals surface area contributed by atoms with Crippen LogP contribution < -0.4 is 16.3 Å². The molecule has 0 spiro atoms. The van der Waals surface area contributed by atoms with Gasteiger partial charge in [-0.05, 0) is 71.4 Å². The minimum atomic E-state index is -0.624. The van der Waals surface area contributed by atoms with Crippen LogP contribution in [0, 0.1) is 0 Å². The molecule has 0 heterocycles. The summed E-state index contributed by atoms with van der Waals surface area (Å²) >= 11 is 0. The number of hydroxylamine groups is 1. The summed E-state index contributed by atoms with van der Waals surface area (Å²) in [6.07, 6.45) is 0. The van der Waals surface area contributed by atoms with Crippen molar-refractivity contribution < 1.29 is 14.8 Å². The molecule has 0 fully saturated rings. The van der Waals surface area contributed by atoms with Crippen molar-refractivity contribution in [1.82, 2.24) is 21.2 Å². The lowest BCUT2D eigenvalue weighted by atomic mass is 10.0. The van der Waals surface area contributed by atoms with Crippen LogP contribution in [0.2, 0.25) is 0 Å². The van der Waals surface area contributed by atoms with Crippen LogP contribution >= 0.6 is 0 Å². The highest BCUT2D eigenvalue weighted by atomic mass is 16.5. The Morgan fingerprint density at radius 2 is 1.35 bits per heavy atom. The zero-order chi connectivity index (χ0) is 22.2. The summed E-state index contributed by atoms with van der Waals surface area (Å²) in [6.45, 7) is 7.85. The molecule has 3 aromatic rings. The Morgan fingerprint density at radius 3 is 1.94 bits per heavy atom. The predicted octanol–water partition coefficient (Wildman–Crippen LogP) is 3.24. The van der Waals surface area contributed by atoms with E-state index in [2.05, 4.69) is 59.9 Å².